The summed E-state index contributed by atoms with van der Waals surface area (Å²) in [5.41, 5.74) is 0.994. The zero-order valence-corrected chi connectivity index (χ0v) is 14.6. The largest absolute Gasteiger partial charge is 0.355 e. The molecule has 0 saturated carbocycles. The van der Waals surface area contributed by atoms with Crippen molar-refractivity contribution in [3.8, 4) is 0 Å². The lowest BCUT2D eigenvalue weighted by molar-refractivity contribution is -0.121. The first-order valence-electron chi connectivity index (χ1n) is 7.61. The van der Waals surface area contributed by atoms with Crippen molar-refractivity contribution in [2.45, 2.75) is 39.0 Å². The summed E-state index contributed by atoms with van der Waals surface area (Å²) in [6.45, 7) is 8.46. The zero-order valence-electron chi connectivity index (χ0n) is 13.8. The number of rotatable bonds is 8. The number of nitrogens with zero attached hydrogens (tertiary/aromatic N) is 1. The number of nitrogens with one attached hydrogen (secondary N) is 1. The third-order valence-corrected chi connectivity index (χ3v) is 5.31. The molecule has 0 bridgehead atoms. The van der Waals surface area contributed by atoms with E-state index >= 15 is 0 Å². The Morgan fingerprint density at radius 2 is 1.82 bits per heavy atom. The normalized spacial score (nSPS) is 11.9. The van der Waals surface area contributed by atoms with Gasteiger partial charge in [-0.2, -0.15) is 4.31 Å². The SMILES string of the molecule is CCN(CC(=O)NCCC(C)C)S(=O)(=O)c1ccc(C)cc1. The summed E-state index contributed by atoms with van der Waals surface area (Å²) in [5, 5.41) is 2.77. The van der Waals surface area contributed by atoms with Gasteiger partial charge >= 0.3 is 0 Å². The minimum absolute atomic E-state index is 0.148. The van der Waals surface area contributed by atoms with Crippen molar-refractivity contribution in [3.05, 3.63) is 29.8 Å². The van der Waals surface area contributed by atoms with Gasteiger partial charge in [0.1, 0.15) is 0 Å². The van der Waals surface area contributed by atoms with E-state index in [2.05, 4.69) is 19.2 Å². The van der Waals surface area contributed by atoms with Gasteiger partial charge in [-0.15, -0.1) is 0 Å². The predicted octanol–water partition coefficient (Wildman–Crippen LogP) is 2.17. The summed E-state index contributed by atoms with van der Waals surface area (Å²) < 4.78 is 26.3. The van der Waals surface area contributed by atoms with Crippen LogP contribution in [0.25, 0.3) is 0 Å². The number of aryl methyl sites for hydroxylation is 1. The number of benzene rings is 1. The van der Waals surface area contributed by atoms with Gasteiger partial charge in [-0.1, -0.05) is 38.5 Å². The van der Waals surface area contributed by atoms with Crippen LogP contribution in [0, 0.1) is 12.8 Å². The second-order valence-electron chi connectivity index (χ2n) is 5.78. The number of hydrogen-bond acceptors (Lipinski definition) is 3. The van der Waals surface area contributed by atoms with E-state index in [-0.39, 0.29) is 23.9 Å². The van der Waals surface area contributed by atoms with E-state index in [0.29, 0.717) is 12.5 Å². The molecule has 0 fully saturated rings. The number of likely N-dealkylation sites (N-methyl/N-ethyl adjacent to an activating group) is 1. The van der Waals surface area contributed by atoms with E-state index in [4.69, 9.17) is 0 Å². The Morgan fingerprint density at radius 1 is 1.23 bits per heavy atom. The maximum Gasteiger partial charge on any atom is 0.243 e. The van der Waals surface area contributed by atoms with Gasteiger partial charge in [0, 0.05) is 13.1 Å². The summed E-state index contributed by atoms with van der Waals surface area (Å²) in [4.78, 5) is 12.1. The first-order chi connectivity index (χ1) is 10.3. The first kappa shape index (κ1) is 18.6. The number of carbonyl (C=O) groups excluding carboxylic acids is 1. The Labute approximate surface area is 133 Å². The number of amides is 1. The Bertz CT molecular complexity index is 580. The molecule has 6 heteroatoms. The van der Waals surface area contributed by atoms with E-state index in [9.17, 15) is 13.2 Å². The van der Waals surface area contributed by atoms with E-state index < -0.39 is 10.0 Å². The average molecular weight is 326 g/mol. The van der Waals surface area contributed by atoms with Crippen molar-refractivity contribution in [1.82, 2.24) is 9.62 Å². The summed E-state index contributed by atoms with van der Waals surface area (Å²) in [7, 11) is -3.63. The van der Waals surface area contributed by atoms with Crippen molar-refractivity contribution in [2.75, 3.05) is 19.6 Å². The van der Waals surface area contributed by atoms with Crippen molar-refractivity contribution < 1.29 is 13.2 Å². The molecule has 0 aliphatic carbocycles. The van der Waals surface area contributed by atoms with E-state index in [0.717, 1.165) is 12.0 Å². The lowest BCUT2D eigenvalue weighted by Crippen LogP contribution is -2.41. The molecule has 0 unspecified atom stereocenters. The van der Waals surface area contributed by atoms with Crippen LogP contribution in [-0.2, 0) is 14.8 Å². The molecule has 1 rings (SSSR count). The smallest absolute Gasteiger partial charge is 0.243 e. The van der Waals surface area contributed by atoms with E-state index in [1.807, 2.05) is 6.92 Å². The highest BCUT2D eigenvalue weighted by Gasteiger charge is 2.24. The maximum absolute atomic E-state index is 12.5. The Balaban J connectivity index is 2.73. The highest BCUT2D eigenvalue weighted by molar-refractivity contribution is 7.89. The third-order valence-electron chi connectivity index (χ3n) is 3.38. The second-order valence-corrected chi connectivity index (χ2v) is 7.71. The topological polar surface area (TPSA) is 66.5 Å². The van der Waals surface area contributed by atoms with Crippen LogP contribution in [0.3, 0.4) is 0 Å². The van der Waals surface area contributed by atoms with Crippen LogP contribution in [0.15, 0.2) is 29.2 Å². The van der Waals surface area contributed by atoms with E-state index in [1.165, 1.54) is 4.31 Å². The van der Waals surface area contributed by atoms with Crippen LogP contribution in [0.5, 0.6) is 0 Å². The minimum atomic E-state index is -3.63. The van der Waals surface area contributed by atoms with Gasteiger partial charge < -0.3 is 5.32 Å². The fourth-order valence-corrected chi connectivity index (χ4v) is 3.35. The number of sulfonamides is 1. The lowest BCUT2D eigenvalue weighted by Gasteiger charge is -2.20. The van der Waals surface area contributed by atoms with Crippen LogP contribution in [-0.4, -0.2) is 38.3 Å². The third kappa shape index (κ3) is 5.42. The summed E-state index contributed by atoms with van der Waals surface area (Å²) in [6.07, 6.45) is 0.878. The van der Waals surface area contributed by atoms with Crippen LogP contribution in [0.1, 0.15) is 32.8 Å². The van der Waals surface area contributed by atoms with Crippen molar-refractivity contribution in [2.24, 2.45) is 5.92 Å². The zero-order chi connectivity index (χ0) is 16.8. The van der Waals surface area contributed by atoms with Gasteiger partial charge in [-0.3, -0.25) is 4.79 Å². The summed E-state index contributed by atoms with van der Waals surface area (Å²) >= 11 is 0. The van der Waals surface area contributed by atoms with Crippen LogP contribution in [0.2, 0.25) is 0 Å². The molecular weight excluding hydrogens is 300 g/mol. The fourth-order valence-electron chi connectivity index (χ4n) is 1.94. The first-order valence-corrected chi connectivity index (χ1v) is 9.05. The molecule has 1 N–H and O–H groups in total. The van der Waals surface area contributed by atoms with Gasteiger partial charge in [0.15, 0.2) is 0 Å². The monoisotopic (exact) mass is 326 g/mol. The van der Waals surface area contributed by atoms with E-state index in [1.54, 1.807) is 31.2 Å². The van der Waals surface area contributed by atoms with Gasteiger partial charge in [-0.05, 0) is 31.4 Å². The predicted molar refractivity (Wildman–Crippen MR) is 88.1 cm³/mol. The molecular formula is C16H26N2O3S. The average Bonchev–Trinajstić information content (AvgIpc) is 2.44. The molecule has 5 nitrogen and oxygen atoms in total. The van der Waals surface area contributed by atoms with Gasteiger partial charge in [0.05, 0.1) is 11.4 Å². The highest BCUT2D eigenvalue weighted by Crippen LogP contribution is 2.15. The molecule has 0 radical (unpaired) electrons. The van der Waals surface area contributed by atoms with Gasteiger partial charge in [0.25, 0.3) is 0 Å². The lowest BCUT2D eigenvalue weighted by atomic mass is 10.1. The van der Waals surface area contributed by atoms with Crippen LogP contribution in [0.4, 0.5) is 0 Å². The Morgan fingerprint density at radius 3 is 2.32 bits per heavy atom. The minimum Gasteiger partial charge on any atom is -0.355 e. The molecule has 0 saturated heterocycles. The fraction of sp³-hybridized carbons (Fsp3) is 0.562. The molecule has 0 aliphatic rings. The molecule has 0 atom stereocenters. The van der Waals surface area contributed by atoms with Crippen molar-refractivity contribution in [1.29, 1.82) is 0 Å². The molecule has 1 aromatic rings. The molecule has 22 heavy (non-hydrogen) atoms. The standard InChI is InChI=1S/C16H26N2O3S/c1-5-18(12-16(19)17-11-10-13(2)3)22(20,21)15-8-6-14(4)7-9-15/h6-9,13H,5,10-12H2,1-4H3,(H,17,19). The van der Waals surface area contributed by atoms with Gasteiger partial charge in [-0.25, -0.2) is 8.42 Å². The van der Waals surface area contributed by atoms with Crippen molar-refractivity contribution in [3.63, 3.8) is 0 Å². The highest BCUT2D eigenvalue weighted by atomic mass is 32.2. The van der Waals surface area contributed by atoms with Crippen molar-refractivity contribution >= 4 is 15.9 Å². The maximum atomic E-state index is 12.5. The second kappa shape index (κ2) is 8.29. The van der Waals surface area contributed by atoms with Crippen LogP contribution < -0.4 is 5.32 Å². The molecule has 0 aliphatic heterocycles. The number of hydrogen-bond donors (Lipinski definition) is 1. The van der Waals surface area contributed by atoms with Gasteiger partial charge in [0.2, 0.25) is 15.9 Å². The molecule has 0 heterocycles. The summed E-state index contributed by atoms with van der Waals surface area (Å²) in [6, 6.07) is 6.65. The Hall–Kier alpha value is -1.40. The molecule has 0 aromatic heterocycles. The Kier molecular flexibility index (Phi) is 7.03. The quantitative estimate of drug-likeness (QED) is 0.796. The molecule has 1 aromatic carbocycles. The number of carbonyl (C=O) groups is 1. The summed E-state index contributed by atoms with van der Waals surface area (Å²) in [5.74, 6) is 0.233. The molecule has 124 valence electrons. The molecule has 0 spiro atoms. The molecule has 1 amide bonds. The van der Waals surface area contributed by atoms with Crippen LogP contribution >= 0.6 is 0 Å².